The second-order valence-electron chi connectivity index (χ2n) is 3.49. The number of benzene rings is 1. The van der Waals surface area contributed by atoms with Crippen LogP contribution in [0.5, 0.6) is 0 Å². The van der Waals surface area contributed by atoms with Crippen molar-refractivity contribution in [1.29, 1.82) is 0 Å². The van der Waals surface area contributed by atoms with Crippen LogP contribution in [0.25, 0.3) is 0 Å². The number of hydrogen-bond donors (Lipinski definition) is 0. The van der Waals surface area contributed by atoms with Crippen molar-refractivity contribution in [3.05, 3.63) is 65.5 Å². The number of carbonyl (C=O) groups is 1. The van der Waals surface area contributed by atoms with E-state index in [9.17, 15) is 13.6 Å². The van der Waals surface area contributed by atoms with Crippen LogP contribution in [0.2, 0.25) is 0 Å². The van der Waals surface area contributed by atoms with Crippen LogP contribution in [0.1, 0.15) is 16.1 Å². The van der Waals surface area contributed by atoms with Crippen LogP contribution in [0.15, 0.2) is 42.6 Å². The molecule has 2 rings (SSSR count). The number of rotatable bonds is 3. The van der Waals surface area contributed by atoms with Crippen molar-refractivity contribution in [2.24, 2.45) is 0 Å². The lowest BCUT2D eigenvalue weighted by molar-refractivity contribution is 0.0458. The SMILES string of the molecule is O=C(OCc1c(F)cccc1F)c1ccccn1. The summed E-state index contributed by atoms with van der Waals surface area (Å²) in [5.74, 6) is -2.22. The number of nitrogens with zero attached hydrogens (tertiary/aromatic N) is 1. The lowest BCUT2D eigenvalue weighted by atomic mass is 10.2. The molecular weight excluding hydrogens is 240 g/mol. The molecule has 0 fully saturated rings. The normalized spacial score (nSPS) is 10.1. The number of esters is 1. The molecule has 0 atom stereocenters. The average molecular weight is 249 g/mol. The fourth-order valence-corrected chi connectivity index (χ4v) is 1.37. The molecule has 92 valence electrons. The zero-order valence-corrected chi connectivity index (χ0v) is 9.27. The third-order valence-electron chi connectivity index (χ3n) is 2.28. The summed E-state index contributed by atoms with van der Waals surface area (Å²) in [5, 5.41) is 0. The van der Waals surface area contributed by atoms with Gasteiger partial charge in [0.2, 0.25) is 0 Å². The van der Waals surface area contributed by atoms with Gasteiger partial charge in [-0.3, -0.25) is 0 Å². The first kappa shape index (κ1) is 12.2. The van der Waals surface area contributed by atoms with Gasteiger partial charge in [-0.1, -0.05) is 12.1 Å². The number of aromatic nitrogens is 1. The molecule has 0 aliphatic carbocycles. The topological polar surface area (TPSA) is 39.2 Å². The number of carbonyl (C=O) groups excluding carboxylic acids is 1. The van der Waals surface area contributed by atoms with Gasteiger partial charge < -0.3 is 4.74 Å². The first-order chi connectivity index (χ1) is 8.68. The predicted octanol–water partition coefficient (Wildman–Crippen LogP) is 2.72. The molecule has 0 radical (unpaired) electrons. The van der Waals surface area contributed by atoms with Gasteiger partial charge >= 0.3 is 5.97 Å². The number of hydrogen-bond acceptors (Lipinski definition) is 3. The molecule has 0 unspecified atom stereocenters. The maximum Gasteiger partial charge on any atom is 0.357 e. The van der Waals surface area contributed by atoms with Crippen molar-refractivity contribution in [3.63, 3.8) is 0 Å². The average Bonchev–Trinajstić information content (AvgIpc) is 2.39. The molecular formula is C13H9F2NO2. The molecule has 0 saturated heterocycles. The zero-order valence-electron chi connectivity index (χ0n) is 9.27. The highest BCUT2D eigenvalue weighted by molar-refractivity contribution is 5.87. The van der Waals surface area contributed by atoms with Crippen LogP contribution in [-0.2, 0) is 11.3 Å². The first-order valence-corrected chi connectivity index (χ1v) is 5.19. The first-order valence-electron chi connectivity index (χ1n) is 5.19. The van der Waals surface area contributed by atoms with E-state index in [1.54, 1.807) is 12.1 Å². The van der Waals surface area contributed by atoms with E-state index in [1.807, 2.05) is 0 Å². The molecule has 0 N–H and O–H groups in total. The van der Waals surface area contributed by atoms with Gasteiger partial charge in [0.15, 0.2) is 0 Å². The molecule has 0 spiro atoms. The minimum absolute atomic E-state index is 0.0919. The van der Waals surface area contributed by atoms with Crippen LogP contribution in [-0.4, -0.2) is 11.0 Å². The van der Waals surface area contributed by atoms with E-state index in [1.165, 1.54) is 18.3 Å². The van der Waals surface area contributed by atoms with Crippen molar-refractivity contribution in [1.82, 2.24) is 4.98 Å². The molecule has 5 heteroatoms. The summed E-state index contributed by atoms with van der Waals surface area (Å²) < 4.78 is 31.3. The maximum absolute atomic E-state index is 13.3. The Morgan fingerprint density at radius 2 is 1.83 bits per heavy atom. The van der Waals surface area contributed by atoms with Crippen LogP contribution in [0, 0.1) is 11.6 Å². The van der Waals surface area contributed by atoms with Crippen LogP contribution in [0.4, 0.5) is 8.78 Å². The monoisotopic (exact) mass is 249 g/mol. The molecule has 0 aliphatic rings. The minimum Gasteiger partial charge on any atom is -0.456 e. The van der Waals surface area contributed by atoms with Crippen molar-refractivity contribution < 1.29 is 18.3 Å². The van der Waals surface area contributed by atoms with E-state index >= 15 is 0 Å². The fraction of sp³-hybridized carbons (Fsp3) is 0.0769. The highest BCUT2D eigenvalue weighted by atomic mass is 19.1. The predicted molar refractivity (Wildman–Crippen MR) is 59.7 cm³/mol. The summed E-state index contributed by atoms with van der Waals surface area (Å²) in [6.07, 6.45) is 1.43. The quantitative estimate of drug-likeness (QED) is 0.785. The largest absolute Gasteiger partial charge is 0.456 e. The van der Waals surface area contributed by atoms with Gasteiger partial charge in [-0.15, -0.1) is 0 Å². The molecule has 1 aromatic carbocycles. The highest BCUT2D eigenvalue weighted by Gasteiger charge is 2.13. The fourth-order valence-electron chi connectivity index (χ4n) is 1.37. The van der Waals surface area contributed by atoms with Gasteiger partial charge in [-0.05, 0) is 24.3 Å². The summed E-state index contributed by atoms with van der Waals surface area (Å²) in [6.45, 7) is -0.464. The number of pyridine rings is 1. The van der Waals surface area contributed by atoms with Crippen molar-refractivity contribution in [2.45, 2.75) is 6.61 Å². The van der Waals surface area contributed by atoms with Crippen molar-refractivity contribution in [2.75, 3.05) is 0 Å². The van der Waals surface area contributed by atoms with Gasteiger partial charge in [0.05, 0.1) is 5.56 Å². The number of halogens is 2. The van der Waals surface area contributed by atoms with E-state index in [-0.39, 0.29) is 11.3 Å². The Bertz CT molecular complexity index is 538. The second kappa shape index (κ2) is 5.35. The Morgan fingerprint density at radius 1 is 1.11 bits per heavy atom. The Morgan fingerprint density at radius 3 is 2.44 bits per heavy atom. The summed E-state index contributed by atoms with van der Waals surface area (Å²) in [5.41, 5.74) is -0.184. The molecule has 1 heterocycles. The number of ether oxygens (including phenoxy) is 1. The van der Waals surface area contributed by atoms with Crippen LogP contribution >= 0.6 is 0 Å². The molecule has 0 saturated carbocycles. The lowest BCUT2D eigenvalue weighted by Gasteiger charge is -2.06. The van der Waals surface area contributed by atoms with Gasteiger partial charge in [-0.2, -0.15) is 0 Å². The molecule has 3 nitrogen and oxygen atoms in total. The van der Waals surface area contributed by atoms with Crippen LogP contribution in [0.3, 0.4) is 0 Å². The van der Waals surface area contributed by atoms with Gasteiger partial charge in [0.1, 0.15) is 23.9 Å². The minimum atomic E-state index is -0.746. The van der Waals surface area contributed by atoms with E-state index < -0.39 is 24.2 Å². The Labute approximate surface area is 102 Å². The summed E-state index contributed by atoms with van der Waals surface area (Å²) in [7, 11) is 0. The zero-order chi connectivity index (χ0) is 13.0. The van der Waals surface area contributed by atoms with Crippen molar-refractivity contribution >= 4 is 5.97 Å². The van der Waals surface area contributed by atoms with Crippen molar-refractivity contribution in [3.8, 4) is 0 Å². The standard InChI is InChI=1S/C13H9F2NO2/c14-10-4-3-5-11(15)9(10)8-18-13(17)12-6-1-2-7-16-12/h1-7H,8H2. The van der Waals surface area contributed by atoms with E-state index in [0.717, 1.165) is 12.1 Å². The second-order valence-corrected chi connectivity index (χ2v) is 3.49. The van der Waals surface area contributed by atoms with Gasteiger partial charge in [0, 0.05) is 6.20 Å². The Hall–Kier alpha value is -2.30. The molecule has 1 aromatic heterocycles. The third-order valence-corrected chi connectivity index (χ3v) is 2.28. The van der Waals surface area contributed by atoms with Gasteiger partial charge in [-0.25, -0.2) is 18.6 Å². The van der Waals surface area contributed by atoms with E-state index in [2.05, 4.69) is 4.98 Å². The molecule has 0 aliphatic heterocycles. The van der Waals surface area contributed by atoms with E-state index in [4.69, 9.17) is 4.74 Å². The highest BCUT2D eigenvalue weighted by Crippen LogP contribution is 2.13. The third kappa shape index (κ3) is 2.68. The Kier molecular flexibility index (Phi) is 3.62. The van der Waals surface area contributed by atoms with Crippen LogP contribution < -0.4 is 0 Å². The Balaban J connectivity index is 2.07. The molecule has 18 heavy (non-hydrogen) atoms. The molecule has 0 amide bonds. The lowest BCUT2D eigenvalue weighted by Crippen LogP contribution is -2.08. The molecule has 2 aromatic rings. The van der Waals surface area contributed by atoms with Gasteiger partial charge in [0.25, 0.3) is 0 Å². The molecule has 0 bridgehead atoms. The maximum atomic E-state index is 13.3. The summed E-state index contributed by atoms with van der Waals surface area (Å²) in [4.78, 5) is 15.3. The summed E-state index contributed by atoms with van der Waals surface area (Å²) >= 11 is 0. The summed E-state index contributed by atoms with van der Waals surface area (Å²) in [6, 6.07) is 8.18. The smallest absolute Gasteiger partial charge is 0.357 e. The van der Waals surface area contributed by atoms with E-state index in [0.29, 0.717) is 0 Å².